The summed E-state index contributed by atoms with van der Waals surface area (Å²) in [7, 11) is 0. The Bertz CT molecular complexity index is 260. The first-order valence-corrected chi connectivity index (χ1v) is 6.48. The average molecular weight is 243 g/mol. The normalized spacial score (nSPS) is 26.4. The third-order valence-corrected chi connectivity index (χ3v) is 2.97. The molecule has 0 aliphatic carbocycles. The van der Waals surface area contributed by atoms with Gasteiger partial charge in [-0.1, -0.05) is 13.3 Å². The summed E-state index contributed by atoms with van der Waals surface area (Å²) in [5, 5.41) is 9.20. The first-order chi connectivity index (χ1) is 7.83. The number of hydrogen-bond acceptors (Lipinski definition) is 3. The highest BCUT2D eigenvalue weighted by molar-refractivity contribution is 5.74. The van der Waals surface area contributed by atoms with Gasteiger partial charge in [0.1, 0.15) is 6.04 Å². The minimum Gasteiger partial charge on any atom is -0.480 e. The molecule has 1 rings (SSSR count). The average Bonchev–Trinajstić information content (AvgIpc) is 2.55. The molecular formula is C13H25NO3. The van der Waals surface area contributed by atoms with Gasteiger partial charge in [-0.3, -0.25) is 9.69 Å². The molecule has 0 aromatic heterocycles. The third kappa shape index (κ3) is 4.64. The van der Waals surface area contributed by atoms with Crippen LogP contribution in [0.4, 0.5) is 0 Å². The molecule has 1 aliphatic heterocycles. The molecule has 1 N–H and O–H groups in total. The van der Waals surface area contributed by atoms with Crippen LogP contribution in [0.2, 0.25) is 0 Å². The van der Waals surface area contributed by atoms with E-state index in [9.17, 15) is 9.90 Å². The lowest BCUT2D eigenvalue weighted by Crippen LogP contribution is -2.36. The zero-order valence-electron chi connectivity index (χ0n) is 11.4. The molecule has 0 radical (unpaired) electrons. The lowest BCUT2D eigenvalue weighted by molar-refractivity contribution is -0.142. The summed E-state index contributed by atoms with van der Waals surface area (Å²) >= 11 is 0. The summed E-state index contributed by atoms with van der Waals surface area (Å²) in [5.74, 6) is -0.721. The summed E-state index contributed by atoms with van der Waals surface area (Å²) in [6, 6.07) is -0.367. The molecular weight excluding hydrogens is 218 g/mol. The van der Waals surface area contributed by atoms with Crippen molar-refractivity contribution in [3.05, 3.63) is 0 Å². The van der Waals surface area contributed by atoms with E-state index in [1.165, 1.54) is 0 Å². The van der Waals surface area contributed by atoms with Gasteiger partial charge in [0, 0.05) is 13.0 Å². The van der Waals surface area contributed by atoms with Crippen LogP contribution in [0.15, 0.2) is 0 Å². The van der Waals surface area contributed by atoms with Gasteiger partial charge in [0.15, 0.2) is 0 Å². The number of hydrogen-bond donors (Lipinski definition) is 1. The summed E-state index contributed by atoms with van der Waals surface area (Å²) < 4.78 is 5.88. The molecule has 0 aromatic carbocycles. The van der Waals surface area contributed by atoms with E-state index in [1.54, 1.807) is 0 Å². The van der Waals surface area contributed by atoms with E-state index >= 15 is 0 Å². The highest BCUT2D eigenvalue weighted by atomic mass is 16.5. The fourth-order valence-electron chi connectivity index (χ4n) is 2.31. The predicted octanol–water partition coefficient (Wildman–Crippen LogP) is 2.13. The smallest absolute Gasteiger partial charge is 0.321 e. The molecule has 1 heterocycles. The van der Waals surface area contributed by atoms with Gasteiger partial charge in [0.05, 0.1) is 11.7 Å². The van der Waals surface area contributed by atoms with E-state index < -0.39 is 5.97 Å². The molecule has 4 nitrogen and oxygen atoms in total. The van der Waals surface area contributed by atoms with Crippen molar-refractivity contribution in [2.24, 2.45) is 0 Å². The molecule has 1 aliphatic rings. The molecule has 1 saturated heterocycles. The van der Waals surface area contributed by atoms with Crippen molar-refractivity contribution in [1.82, 2.24) is 4.90 Å². The lowest BCUT2D eigenvalue weighted by Gasteiger charge is -2.25. The quantitative estimate of drug-likeness (QED) is 0.803. The Morgan fingerprint density at radius 3 is 2.59 bits per heavy atom. The van der Waals surface area contributed by atoms with Crippen molar-refractivity contribution >= 4 is 5.97 Å². The van der Waals surface area contributed by atoms with Crippen molar-refractivity contribution in [3.63, 3.8) is 0 Å². The van der Waals surface area contributed by atoms with Gasteiger partial charge in [-0.25, -0.2) is 0 Å². The summed E-state index contributed by atoms with van der Waals surface area (Å²) in [4.78, 5) is 13.2. The van der Waals surface area contributed by atoms with Crippen molar-refractivity contribution in [2.75, 3.05) is 13.1 Å². The highest BCUT2D eigenvalue weighted by Gasteiger charge is 2.38. The molecule has 0 bridgehead atoms. The van der Waals surface area contributed by atoms with Gasteiger partial charge in [0.2, 0.25) is 0 Å². The second-order valence-corrected chi connectivity index (χ2v) is 5.79. The number of rotatable bonds is 5. The van der Waals surface area contributed by atoms with Crippen molar-refractivity contribution in [2.45, 2.75) is 64.7 Å². The van der Waals surface area contributed by atoms with Gasteiger partial charge in [-0.2, -0.15) is 0 Å². The monoisotopic (exact) mass is 243 g/mol. The summed E-state index contributed by atoms with van der Waals surface area (Å²) in [5.41, 5.74) is -0.200. The van der Waals surface area contributed by atoms with E-state index in [-0.39, 0.29) is 17.7 Å². The Kier molecular flexibility index (Phi) is 4.95. The second-order valence-electron chi connectivity index (χ2n) is 5.79. The number of ether oxygens (including phenoxy) is 1. The SMILES string of the molecule is CCCCN1CC(OC(C)(C)C)CC1C(=O)O. The number of aliphatic carboxylic acids is 1. The van der Waals surface area contributed by atoms with Crippen LogP contribution < -0.4 is 0 Å². The maximum atomic E-state index is 11.2. The molecule has 0 saturated carbocycles. The molecule has 2 atom stereocenters. The topological polar surface area (TPSA) is 49.8 Å². The van der Waals surface area contributed by atoms with E-state index in [1.807, 2.05) is 25.7 Å². The first-order valence-electron chi connectivity index (χ1n) is 6.48. The van der Waals surface area contributed by atoms with E-state index in [2.05, 4.69) is 6.92 Å². The van der Waals surface area contributed by atoms with E-state index in [0.717, 1.165) is 25.9 Å². The Balaban J connectivity index is 2.56. The standard InChI is InChI=1S/C13H25NO3/c1-5-6-7-14-9-10(17-13(2,3)4)8-11(14)12(15)16/h10-11H,5-9H2,1-4H3,(H,15,16). The third-order valence-electron chi connectivity index (χ3n) is 2.97. The van der Waals surface area contributed by atoms with Crippen LogP contribution in [0.1, 0.15) is 47.0 Å². The van der Waals surface area contributed by atoms with E-state index in [4.69, 9.17) is 4.74 Å². The zero-order chi connectivity index (χ0) is 13.1. The van der Waals surface area contributed by atoms with Gasteiger partial charge in [0.25, 0.3) is 0 Å². The van der Waals surface area contributed by atoms with Crippen molar-refractivity contribution in [1.29, 1.82) is 0 Å². The van der Waals surface area contributed by atoms with Crippen LogP contribution in [0.25, 0.3) is 0 Å². The Labute approximate surface area is 104 Å². The molecule has 4 heteroatoms. The van der Waals surface area contributed by atoms with Crippen LogP contribution in [-0.2, 0) is 9.53 Å². The predicted molar refractivity (Wildman–Crippen MR) is 67.1 cm³/mol. The number of unbranched alkanes of at least 4 members (excludes halogenated alkanes) is 1. The number of nitrogens with zero attached hydrogens (tertiary/aromatic N) is 1. The maximum Gasteiger partial charge on any atom is 0.321 e. The fourth-order valence-corrected chi connectivity index (χ4v) is 2.31. The van der Waals surface area contributed by atoms with Gasteiger partial charge >= 0.3 is 5.97 Å². The van der Waals surface area contributed by atoms with Crippen LogP contribution >= 0.6 is 0 Å². The Morgan fingerprint density at radius 1 is 1.47 bits per heavy atom. The molecule has 0 amide bonds. The molecule has 0 spiro atoms. The van der Waals surface area contributed by atoms with Gasteiger partial charge < -0.3 is 9.84 Å². The molecule has 100 valence electrons. The van der Waals surface area contributed by atoms with Crippen LogP contribution in [0.3, 0.4) is 0 Å². The van der Waals surface area contributed by atoms with Crippen molar-refractivity contribution < 1.29 is 14.6 Å². The minimum atomic E-state index is -0.721. The first kappa shape index (κ1) is 14.5. The molecule has 17 heavy (non-hydrogen) atoms. The fraction of sp³-hybridized carbons (Fsp3) is 0.923. The van der Waals surface area contributed by atoms with Gasteiger partial charge in [-0.05, 0) is 33.7 Å². The molecule has 2 unspecified atom stereocenters. The van der Waals surface area contributed by atoms with Crippen LogP contribution in [0.5, 0.6) is 0 Å². The molecule has 1 fully saturated rings. The number of carboxylic acids is 1. The largest absolute Gasteiger partial charge is 0.480 e. The van der Waals surface area contributed by atoms with Crippen LogP contribution in [-0.4, -0.2) is 46.8 Å². The van der Waals surface area contributed by atoms with Gasteiger partial charge in [-0.15, -0.1) is 0 Å². The molecule has 0 aromatic rings. The number of likely N-dealkylation sites (tertiary alicyclic amines) is 1. The summed E-state index contributed by atoms with van der Waals surface area (Å²) in [6.07, 6.45) is 2.80. The number of carbonyl (C=O) groups is 1. The maximum absolute atomic E-state index is 11.2. The summed E-state index contributed by atoms with van der Waals surface area (Å²) in [6.45, 7) is 9.76. The number of carboxylic acid groups (broad SMARTS) is 1. The van der Waals surface area contributed by atoms with Crippen LogP contribution in [0, 0.1) is 0 Å². The Morgan fingerprint density at radius 2 is 2.12 bits per heavy atom. The minimum absolute atomic E-state index is 0.0490. The Hall–Kier alpha value is -0.610. The lowest BCUT2D eigenvalue weighted by atomic mass is 10.1. The second kappa shape index (κ2) is 5.83. The highest BCUT2D eigenvalue weighted by Crippen LogP contribution is 2.24. The van der Waals surface area contributed by atoms with E-state index in [0.29, 0.717) is 6.42 Å². The zero-order valence-corrected chi connectivity index (χ0v) is 11.4. The van der Waals surface area contributed by atoms with Crippen molar-refractivity contribution in [3.8, 4) is 0 Å².